The zero-order chi connectivity index (χ0) is 14.0. The van der Waals surface area contributed by atoms with E-state index in [0.717, 1.165) is 0 Å². The van der Waals surface area contributed by atoms with Gasteiger partial charge in [-0.1, -0.05) is 18.2 Å². The molecule has 1 amide bonds. The third-order valence-electron chi connectivity index (χ3n) is 2.46. The number of rotatable bonds is 3. The summed E-state index contributed by atoms with van der Waals surface area (Å²) >= 11 is 4.90. The number of para-hydroxylation sites is 1. The predicted octanol–water partition coefficient (Wildman–Crippen LogP) is 1.80. The van der Waals surface area contributed by atoms with E-state index in [1.54, 1.807) is 6.07 Å². The van der Waals surface area contributed by atoms with Crippen LogP contribution in [0.1, 0.15) is 5.56 Å². The molecule has 4 nitrogen and oxygen atoms in total. The van der Waals surface area contributed by atoms with Gasteiger partial charge in [0.2, 0.25) is 5.91 Å². The van der Waals surface area contributed by atoms with Gasteiger partial charge in [-0.3, -0.25) is 9.69 Å². The molecule has 1 aliphatic rings. The summed E-state index contributed by atoms with van der Waals surface area (Å²) in [5.74, 6) is -0.621. The quantitative estimate of drug-likeness (QED) is 0.862. The van der Waals surface area contributed by atoms with Crippen molar-refractivity contribution in [1.82, 2.24) is 10.2 Å². The van der Waals surface area contributed by atoms with E-state index in [-0.39, 0.29) is 35.4 Å². The second-order valence-electron chi connectivity index (χ2n) is 3.79. The summed E-state index contributed by atoms with van der Waals surface area (Å²) in [5.41, 5.74) is 0.235. The van der Waals surface area contributed by atoms with E-state index < -0.39 is 6.36 Å². The van der Waals surface area contributed by atoms with Crippen molar-refractivity contribution in [2.45, 2.75) is 12.9 Å². The summed E-state index contributed by atoms with van der Waals surface area (Å²) in [6, 6.07) is 5.64. The number of benzene rings is 1. The van der Waals surface area contributed by atoms with E-state index in [2.05, 4.69) is 10.1 Å². The largest absolute Gasteiger partial charge is 0.573 e. The maximum absolute atomic E-state index is 12.2. The number of ether oxygens (including phenoxy) is 1. The maximum Gasteiger partial charge on any atom is 0.573 e. The van der Waals surface area contributed by atoms with Crippen LogP contribution in [0.5, 0.6) is 5.75 Å². The molecule has 1 N–H and O–H groups in total. The van der Waals surface area contributed by atoms with E-state index in [0.29, 0.717) is 0 Å². The van der Waals surface area contributed by atoms with E-state index in [1.165, 1.54) is 23.1 Å². The summed E-state index contributed by atoms with van der Waals surface area (Å²) in [6.07, 6.45) is -4.77. The summed E-state index contributed by atoms with van der Waals surface area (Å²) in [5, 5.41) is 2.85. The number of nitrogens with one attached hydrogen (secondary N) is 1. The van der Waals surface area contributed by atoms with Gasteiger partial charge >= 0.3 is 6.36 Å². The summed E-state index contributed by atoms with van der Waals surface area (Å²) < 4.78 is 40.7. The SMILES string of the molecule is O=C1CNC(=S)N1Cc1ccccc1OC(F)(F)F. The Balaban J connectivity index is 2.20. The van der Waals surface area contributed by atoms with Crippen molar-refractivity contribution in [3.63, 3.8) is 0 Å². The molecule has 0 bridgehead atoms. The van der Waals surface area contributed by atoms with Gasteiger partial charge < -0.3 is 10.1 Å². The minimum atomic E-state index is -4.77. The second-order valence-corrected chi connectivity index (χ2v) is 4.18. The molecule has 0 saturated carbocycles. The van der Waals surface area contributed by atoms with Crippen molar-refractivity contribution in [3.05, 3.63) is 29.8 Å². The zero-order valence-corrected chi connectivity index (χ0v) is 10.3. The molecule has 0 aliphatic carbocycles. The topological polar surface area (TPSA) is 41.6 Å². The smallest absolute Gasteiger partial charge is 0.405 e. The number of hydrogen-bond acceptors (Lipinski definition) is 3. The van der Waals surface area contributed by atoms with Crippen molar-refractivity contribution < 1.29 is 22.7 Å². The highest BCUT2D eigenvalue weighted by Gasteiger charge is 2.33. The monoisotopic (exact) mass is 290 g/mol. The van der Waals surface area contributed by atoms with Crippen LogP contribution in [0.15, 0.2) is 24.3 Å². The molecule has 8 heteroatoms. The minimum absolute atomic E-state index is 0.0567. The van der Waals surface area contributed by atoms with Crippen molar-refractivity contribution >= 4 is 23.2 Å². The van der Waals surface area contributed by atoms with Gasteiger partial charge in [0, 0.05) is 5.56 Å². The lowest BCUT2D eigenvalue weighted by Crippen LogP contribution is -2.30. The minimum Gasteiger partial charge on any atom is -0.405 e. The standard InChI is InChI=1S/C11H9F3N2O2S/c12-11(13,14)18-8-4-2-1-3-7(8)6-16-9(17)5-15-10(16)19/h1-4H,5-6H2,(H,15,19). The number of carbonyl (C=O) groups excluding carboxylic acids is 1. The first-order valence-corrected chi connectivity index (χ1v) is 5.69. The number of hydrogen-bond donors (Lipinski definition) is 1. The van der Waals surface area contributed by atoms with Crippen LogP contribution in [-0.2, 0) is 11.3 Å². The molecule has 0 radical (unpaired) electrons. The number of amides is 1. The molecular weight excluding hydrogens is 281 g/mol. The average molecular weight is 290 g/mol. The molecule has 2 rings (SSSR count). The molecule has 0 unspecified atom stereocenters. The van der Waals surface area contributed by atoms with Gasteiger partial charge in [-0.05, 0) is 18.3 Å². The normalized spacial score (nSPS) is 15.6. The zero-order valence-electron chi connectivity index (χ0n) is 9.53. The molecular formula is C11H9F3N2O2S. The van der Waals surface area contributed by atoms with Crippen LogP contribution in [0.4, 0.5) is 13.2 Å². The van der Waals surface area contributed by atoms with Gasteiger partial charge in [0.05, 0.1) is 13.1 Å². The van der Waals surface area contributed by atoms with Crippen molar-refractivity contribution in [2.24, 2.45) is 0 Å². The number of thiocarbonyl (C=S) groups is 1. The van der Waals surface area contributed by atoms with Crippen LogP contribution < -0.4 is 10.1 Å². The first kappa shape index (κ1) is 13.6. The Labute approximate surface area is 112 Å². The summed E-state index contributed by atoms with van der Waals surface area (Å²) in [6.45, 7) is -0.00194. The molecule has 1 saturated heterocycles. The van der Waals surface area contributed by atoms with Gasteiger partial charge in [0.25, 0.3) is 0 Å². The fourth-order valence-corrected chi connectivity index (χ4v) is 1.88. The molecule has 0 spiro atoms. The van der Waals surface area contributed by atoms with Crippen molar-refractivity contribution in [1.29, 1.82) is 0 Å². The summed E-state index contributed by atoms with van der Waals surface area (Å²) in [7, 11) is 0. The van der Waals surface area contributed by atoms with Crippen LogP contribution >= 0.6 is 12.2 Å². The fraction of sp³-hybridized carbons (Fsp3) is 0.273. The number of alkyl halides is 3. The average Bonchev–Trinajstić information content (AvgIpc) is 2.61. The molecule has 1 heterocycles. The van der Waals surface area contributed by atoms with E-state index in [4.69, 9.17) is 12.2 Å². The van der Waals surface area contributed by atoms with Crippen molar-refractivity contribution in [2.75, 3.05) is 6.54 Å². The second kappa shape index (κ2) is 5.04. The summed E-state index contributed by atoms with van der Waals surface area (Å²) in [4.78, 5) is 12.7. The molecule has 19 heavy (non-hydrogen) atoms. The van der Waals surface area contributed by atoms with E-state index in [1.807, 2.05) is 0 Å². The molecule has 0 atom stereocenters. The molecule has 1 aliphatic heterocycles. The Hall–Kier alpha value is -1.83. The number of carbonyl (C=O) groups is 1. The van der Waals surface area contributed by atoms with Crippen molar-refractivity contribution in [3.8, 4) is 5.75 Å². The van der Waals surface area contributed by atoms with E-state index >= 15 is 0 Å². The lowest BCUT2D eigenvalue weighted by molar-refractivity contribution is -0.274. The number of nitrogens with zero attached hydrogens (tertiary/aromatic N) is 1. The third-order valence-corrected chi connectivity index (χ3v) is 2.83. The molecule has 102 valence electrons. The Morgan fingerprint density at radius 1 is 1.37 bits per heavy atom. The Kier molecular flexibility index (Phi) is 3.61. The molecule has 0 aromatic heterocycles. The highest BCUT2D eigenvalue weighted by atomic mass is 32.1. The van der Waals surface area contributed by atoms with Crippen LogP contribution in [-0.4, -0.2) is 28.8 Å². The lowest BCUT2D eigenvalue weighted by atomic mass is 10.2. The van der Waals surface area contributed by atoms with Crippen LogP contribution in [0.25, 0.3) is 0 Å². The van der Waals surface area contributed by atoms with Gasteiger partial charge in [0.15, 0.2) is 5.11 Å². The molecule has 1 fully saturated rings. The first-order valence-electron chi connectivity index (χ1n) is 5.28. The molecule has 1 aromatic carbocycles. The lowest BCUT2D eigenvalue weighted by Gasteiger charge is -2.18. The third kappa shape index (κ3) is 3.34. The van der Waals surface area contributed by atoms with Crippen LogP contribution in [0.2, 0.25) is 0 Å². The maximum atomic E-state index is 12.2. The van der Waals surface area contributed by atoms with Gasteiger partial charge in [-0.15, -0.1) is 13.2 Å². The predicted molar refractivity (Wildman–Crippen MR) is 64.3 cm³/mol. The fourth-order valence-electron chi connectivity index (χ4n) is 1.64. The van der Waals surface area contributed by atoms with E-state index in [9.17, 15) is 18.0 Å². The van der Waals surface area contributed by atoms with Gasteiger partial charge in [-0.2, -0.15) is 0 Å². The molecule has 1 aromatic rings. The Bertz CT molecular complexity index is 503. The Morgan fingerprint density at radius 2 is 2.05 bits per heavy atom. The highest BCUT2D eigenvalue weighted by molar-refractivity contribution is 7.80. The van der Waals surface area contributed by atoms with Gasteiger partial charge in [-0.25, -0.2) is 0 Å². The van der Waals surface area contributed by atoms with Gasteiger partial charge in [0.1, 0.15) is 5.75 Å². The number of halogens is 3. The Morgan fingerprint density at radius 3 is 2.63 bits per heavy atom. The highest BCUT2D eigenvalue weighted by Crippen LogP contribution is 2.27. The van der Waals surface area contributed by atoms with Crippen LogP contribution in [0, 0.1) is 0 Å². The first-order chi connectivity index (χ1) is 8.87. The van der Waals surface area contributed by atoms with Crippen LogP contribution in [0.3, 0.4) is 0 Å².